The summed E-state index contributed by atoms with van der Waals surface area (Å²) in [5.74, 6) is -0.0846. The molecule has 5 aromatic rings. The Morgan fingerprint density at radius 3 is 2.74 bits per heavy atom. The molecule has 3 aromatic heterocycles. The Balaban J connectivity index is 1.59. The first kappa shape index (κ1) is 22.5. The molecule has 1 amide bonds. The standard InChI is InChI=1S/C25H23FN6O3/c1-14(2)24-29-21(35-30-24)12-31-13-27-22-16-10-15(3)8-9-19(16)32(23(22)25(31)34)11-20(33)28-18-7-5-4-6-17(18)26/h4-10,13-14H,11-12H2,1-3H3,(H,28,33). The molecule has 35 heavy (non-hydrogen) atoms. The molecule has 0 bridgehead atoms. The van der Waals surface area contributed by atoms with Crippen molar-refractivity contribution in [2.24, 2.45) is 0 Å². The molecule has 1 N–H and O–H groups in total. The number of nitrogens with one attached hydrogen (secondary N) is 1. The molecule has 0 unspecified atom stereocenters. The topological polar surface area (TPSA) is 108 Å². The molecule has 0 spiro atoms. The normalized spacial score (nSPS) is 11.6. The molecule has 0 aliphatic heterocycles. The van der Waals surface area contributed by atoms with Gasteiger partial charge in [-0.15, -0.1) is 0 Å². The Morgan fingerprint density at radius 2 is 2.00 bits per heavy atom. The van der Waals surface area contributed by atoms with Gasteiger partial charge in [-0.3, -0.25) is 14.2 Å². The van der Waals surface area contributed by atoms with Gasteiger partial charge in [-0.25, -0.2) is 9.37 Å². The molecule has 10 heteroatoms. The van der Waals surface area contributed by atoms with E-state index < -0.39 is 11.7 Å². The summed E-state index contributed by atoms with van der Waals surface area (Å²) in [6, 6.07) is 11.6. The van der Waals surface area contributed by atoms with E-state index in [-0.39, 0.29) is 41.7 Å². The van der Waals surface area contributed by atoms with Crippen molar-refractivity contribution >= 4 is 33.5 Å². The number of carbonyl (C=O) groups is 1. The van der Waals surface area contributed by atoms with Crippen molar-refractivity contribution in [3.63, 3.8) is 0 Å². The minimum absolute atomic E-state index is 0.0451. The van der Waals surface area contributed by atoms with E-state index in [1.54, 1.807) is 16.7 Å². The van der Waals surface area contributed by atoms with Crippen LogP contribution >= 0.6 is 0 Å². The van der Waals surface area contributed by atoms with Crippen molar-refractivity contribution in [2.75, 3.05) is 5.32 Å². The summed E-state index contributed by atoms with van der Waals surface area (Å²) in [4.78, 5) is 35.3. The molecule has 0 aliphatic carbocycles. The van der Waals surface area contributed by atoms with Crippen molar-refractivity contribution in [3.8, 4) is 0 Å². The predicted octanol–water partition coefficient (Wildman–Crippen LogP) is 3.99. The fraction of sp³-hybridized carbons (Fsp3) is 0.240. The molecule has 2 aromatic carbocycles. The number of para-hydroxylation sites is 1. The number of benzene rings is 2. The van der Waals surface area contributed by atoms with E-state index in [1.807, 2.05) is 39.0 Å². The van der Waals surface area contributed by atoms with Crippen LogP contribution in [0.1, 0.15) is 37.0 Å². The quantitative estimate of drug-likeness (QED) is 0.399. The summed E-state index contributed by atoms with van der Waals surface area (Å²) in [7, 11) is 0. The second-order valence-electron chi connectivity index (χ2n) is 8.71. The molecule has 0 fully saturated rings. The highest BCUT2D eigenvalue weighted by Gasteiger charge is 2.20. The van der Waals surface area contributed by atoms with E-state index in [2.05, 4.69) is 20.4 Å². The number of halogens is 1. The number of carbonyl (C=O) groups excluding carboxylic acids is 1. The van der Waals surface area contributed by atoms with E-state index in [4.69, 9.17) is 4.52 Å². The Labute approximate surface area is 199 Å². The minimum Gasteiger partial charge on any atom is -0.337 e. The smallest absolute Gasteiger partial charge is 0.278 e. The zero-order valence-corrected chi connectivity index (χ0v) is 19.4. The number of hydrogen-bond donors (Lipinski definition) is 1. The number of amides is 1. The van der Waals surface area contributed by atoms with Crippen LogP contribution in [-0.2, 0) is 17.9 Å². The second-order valence-corrected chi connectivity index (χ2v) is 8.71. The molecule has 0 aliphatic rings. The summed E-state index contributed by atoms with van der Waals surface area (Å²) in [5, 5.41) is 7.27. The van der Waals surface area contributed by atoms with Crippen LogP contribution in [0.5, 0.6) is 0 Å². The summed E-state index contributed by atoms with van der Waals surface area (Å²) in [5.41, 5.74) is 2.13. The Hall–Kier alpha value is -4.34. The maximum absolute atomic E-state index is 14.0. The highest BCUT2D eigenvalue weighted by Crippen LogP contribution is 2.27. The number of anilines is 1. The molecule has 3 heterocycles. The average molecular weight is 474 g/mol. The van der Waals surface area contributed by atoms with E-state index >= 15 is 0 Å². The summed E-state index contributed by atoms with van der Waals surface area (Å²) in [6.07, 6.45) is 1.44. The van der Waals surface area contributed by atoms with Crippen molar-refractivity contribution < 1.29 is 13.7 Å². The van der Waals surface area contributed by atoms with Crippen LogP contribution in [0.3, 0.4) is 0 Å². The summed E-state index contributed by atoms with van der Waals surface area (Å²) >= 11 is 0. The number of nitrogens with zero attached hydrogens (tertiary/aromatic N) is 5. The fourth-order valence-electron chi connectivity index (χ4n) is 4.00. The lowest BCUT2D eigenvalue weighted by Gasteiger charge is -2.10. The van der Waals surface area contributed by atoms with Crippen LogP contribution in [0.4, 0.5) is 10.1 Å². The predicted molar refractivity (Wildman–Crippen MR) is 129 cm³/mol. The van der Waals surface area contributed by atoms with E-state index in [1.165, 1.54) is 23.0 Å². The van der Waals surface area contributed by atoms with Gasteiger partial charge in [0.05, 0.1) is 17.5 Å². The van der Waals surface area contributed by atoms with Crippen LogP contribution in [0, 0.1) is 12.7 Å². The molecule has 0 saturated carbocycles. The molecular weight excluding hydrogens is 451 g/mol. The fourth-order valence-corrected chi connectivity index (χ4v) is 4.00. The van der Waals surface area contributed by atoms with Crippen molar-refractivity contribution in [1.82, 2.24) is 24.3 Å². The summed E-state index contributed by atoms with van der Waals surface area (Å²) in [6.45, 7) is 5.68. The Bertz CT molecular complexity index is 1630. The van der Waals surface area contributed by atoms with Gasteiger partial charge in [0.2, 0.25) is 11.8 Å². The van der Waals surface area contributed by atoms with Crippen LogP contribution < -0.4 is 10.9 Å². The molecule has 5 rings (SSSR count). The first-order valence-corrected chi connectivity index (χ1v) is 11.2. The third-order valence-electron chi connectivity index (χ3n) is 5.74. The number of aryl methyl sites for hydroxylation is 1. The third kappa shape index (κ3) is 4.18. The van der Waals surface area contributed by atoms with Crippen LogP contribution in [-0.4, -0.2) is 30.2 Å². The van der Waals surface area contributed by atoms with Crippen molar-refractivity contribution in [1.29, 1.82) is 0 Å². The highest BCUT2D eigenvalue weighted by molar-refractivity contribution is 6.06. The SMILES string of the molecule is Cc1ccc2c(c1)c1ncn(Cc3nc(C(C)C)no3)c(=O)c1n2CC(=O)Nc1ccccc1F. The first-order chi connectivity index (χ1) is 16.8. The number of fused-ring (bicyclic) bond motifs is 3. The molecule has 0 saturated heterocycles. The largest absolute Gasteiger partial charge is 0.337 e. The second kappa shape index (κ2) is 8.79. The van der Waals surface area contributed by atoms with Gasteiger partial charge in [0, 0.05) is 11.3 Å². The zero-order chi connectivity index (χ0) is 24.7. The van der Waals surface area contributed by atoms with Gasteiger partial charge in [-0.1, -0.05) is 42.8 Å². The van der Waals surface area contributed by atoms with Crippen molar-refractivity contribution in [3.05, 3.63) is 82.2 Å². The average Bonchev–Trinajstić information content (AvgIpc) is 3.41. The van der Waals surface area contributed by atoms with Crippen LogP contribution in [0.2, 0.25) is 0 Å². The lowest BCUT2D eigenvalue weighted by molar-refractivity contribution is -0.116. The van der Waals surface area contributed by atoms with Gasteiger partial charge < -0.3 is 14.4 Å². The monoisotopic (exact) mass is 474 g/mol. The van der Waals surface area contributed by atoms with Gasteiger partial charge in [0.15, 0.2) is 5.82 Å². The van der Waals surface area contributed by atoms with Gasteiger partial charge in [-0.05, 0) is 31.2 Å². The molecule has 9 nitrogen and oxygen atoms in total. The molecular formula is C25H23FN6O3. The van der Waals surface area contributed by atoms with Crippen LogP contribution in [0.15, 0.2) is 58.1 Å². The first-order valence-electron chi connectivity index (χ1n) is 11.2. The summed E-state index contributed by atoms with van der Waals surface area (Å²) < 4.78 is 22.3. The zero-order valence-electron chi connectivity index (χ0n) is 19.4. The Morgan fingerprint density at radius 1 is 1.20 bits per heavy atom. The van der Waals surface area contributed by atoms with Gasteiger partial charge in [0.25, 0.3) is 5.56 Å². The lowest BCUT2D eigenvalue weighted by atomic mass is 10.1. The maximum Gasteiger partial charge on any atom is 0.278 e. The molecule has 178 valence electrons. The molecule has 0 radical (unpaired) electrons. The minimum atomic E-state index is -0.539. The van der Waals surface area contributed by atoms with Gasteiger partial charge in [-0.2, -0.15) is 4.98 Å². The number of hydrogen-bond acceptors (Lipinski definition) is 6. The maximum atomic E-state index is 14.0. The van der Waals surface area contributed by atoms with Gasteiger partial charge in [0.1, 0.15) is 29.9 Å². The van der Waals surface area contributed by atoms with E-state index in [0.29, 0.717) is 16.9 Å². The van der Waals surface area contributed by atoms with Crippen molar-refractivity contribution in [2.45, 2.75) is 39.8 Å². The lowest BCUT2D eigenvalue weighted by Crippen LogP contribution is -2.25. The third-order valence-corrected chi connectivity index (χ3v) is 5.74. The highest BCUT2D eigenvalue weighted by atomic mass is 19.1. The molecule has 0 atom stereocenters. The van der Waals surface area contributed by atoms with E-state index in [9.17, 15) is 14.0 Å². The number of aromatic nitrogens is 5. The van der Waals surface area contributed by atoms with Crippen LogP contribution in [0.25, 0.3) is 21.9 Å². The number of rotatable bonds is 6. The van der Waals surface area contributed by atoms with E-state index in [0.717, 1.165) is 10.9 Å². The Kier molecular flexibility index (Phi) is 5.64. The van der Waals surface area contributed by atoms with Gasteiger partial charge >= 0.3 is 0 Å².